The van der Waals surface area contributed by atoms with Crippen LogP contribution in [-0.2, 0) is 14.3 Å². The molecule has 0 radical (unpaired) electrons. The van der Waals surface area contributed by atoms with Crippen molar-refractivity contribution in [2.75, 3.05) is 13.2 Å². The van der Waals surface area contributed by atoms with E-state index in [-0.39, 0.29) is 31.0 Å². The number of hydrogen-bond acceptors (Lipinski definition) is 4. The molecule has 1 atom stereocenters. The van der Waals surface area contributed by atoms with E-state index in [0.29, 0.717) is 12.8 Å². The van der Waals surface area contributed by atoms with Gasteiger partial charge < -0.3 is 20.1 Å². The van der Waals surface area contributed by atoms with Crippen LogP contribution in [0.3, 0.4) is 0 Å². The molecule has 184 valence electrons. The van der Waals surface area contributed by atoms with E-state index >= 15 is 0 Å². The standard InChI is InChI=1S/C28H32N2O5/c1-18(25(31)32)30(19-12-13-19)26(33)28(14-6-7-15-28)17-29-27(34)35-16-24-22-10-4-2-8-20(22)21-9-3-5-11-23(21)24/h2-5,8-11,18-19,24H,6-7,12-17H2,1H3,(H,29,34)(H,31,32). The first-order valence-electron chi connectivity index (χ1n) is 12.6. The van der Waals surface area contributed by atoms with Crippen molar-refractivity contribution < 1.29 is 24.2 Å². The summed E-state index contributed by atoms with van der Waals surface area (Å²) < 4.78 is 5.66. The molecule has 0 bridgehead atoms. The monoisotopic (exact) mass is 476 g/mol. The highest BCUT2D eigenvalue weighted by Crippen LogP contribution is 2.45. The number of carbonyl (C=O) groups is 3. The van der Waals surface area contributed by atoms with Crippen LogP contribution in [0.5, 0.6) is 0 Å². The quantitative estimate of drug-likeness (QED) is 0.583. The summed E-state index contributed by atoms with van der Waals surface area (Å²) >= 11 is 0. The molecular formula is C28H32N2O5. The second kappa shape index (κ2) is 9.36. The van der Waals surface area contributed by atoms with Crippen molar-refractivity contribution >= 4 is 18.0 Å². The van der Waals surface area contributed by atoms with Gasteiger partial charge in [-0.3, -0.25) is 4.79 Å². The van der Waals surface area contributed by atoms with Gasteiger partial charge in [0.25, 0.3) is 0 Å². The number of nitrogens with one attached hydrogen (secondary N) is 1. The number of benzene rings is 2. The second-order valence-corrected chi connectivity index (χ2v) is 10.1. The van der Waals surface area contributed by atoms with Gasteiger partial charge in [-0.05, 0) is 54.9 Å². The Morgan fingerprint density at radius 1 is 1.03 bits per heavy atom. The Morgan fingerprint density at radius 3 is 2.14 bits per heavy atom. The van der Waals surface area contributed by atoms with Gasteiger partial charge in [0.15, 0.2) is 0 Å². The van der Waals surface area contributed by atoms with Crippen molar-refractivity contribution in [2.45, 2.75) is 63.5 Å². The molecule has 0 aromatic heterocycles. The van der Waals surface area contributed by atoms with Crippen LogP contribution in [0, 0.1) is 5.41 Å². The summed E-state index contributed by atoms with van der Waals surface area (Å²) in [5, 5.41) is 12.4. The van der Waals surface area contributed by atoms with Crippen LogP contribution in [-0.4, -0.2) is 53.2 Å². The van der Waals surface area contributed by atoms with Crippen molar-refractivity contribution in [1.82, 2.24) is 10.2 Å². The van der Waals surface area contributed by atoms with Crippen LogP contribution in [0.4, 0.5) is 4.79 Å². The maximum atomic E-state index is 13.6. The minimum Gasteiger partial charge on any atom is -0.480 e. The molecule has 2 N–H and O–H groups in total. The molecule has 2 saturated carbocycles. The smallest absolute Gasteiger partial charge is 0.407 e. The van der Waals surface area contributed by atoms with E-state index in [1.807, 2.05) is 24.3 Å². The third kappa shape index (κ3) is 4.40. The maximum Gasteiger partial charge on any atom is 0.407 e. The zero-order valence-corrected chi connectivity index (χ0v) is 20.0. The molecular weight excluding hydrogens is 444 g/mol. The van der Waals surface area contributed by atoms with Crippen LogP contribution in [0.2, 0.25) is 0 Å². The Morgan fingerprint density at radius 2 is 1.60 bits per heavy atom. The van der Waals surface area contributed by atoms with Gasteiger partial charge in [0.2, 0.25) is 5.91 Å². The zero-order chi connectivity index (χ0) is 24.6. The Hall–Kier alpha value is -3.35. The van der Waals surface area contributed by atoms with Gasteiger partial charge in [0.05, 0.1) is 5.41 Å². The van der Waals surface area contributed by atoms with E-state index in [1.54, 1.807) is 11.8 Å². The van der Waals surface area contributed by atoms with Gasteiger partial charge in [0, 0.05) is 18.5 Å². The summed E-state index contributed by atoms with van der Waals surface area (Å²) in [6, 6.07) is 15.5. The number of nitrogens with zero attached hydrogens (tertiary/aromatic N) is 1. The van der Waals surface area contributed by atoms with Gasteiger partial charge in [-0.25, -0.2) is 9.59 Å². The van der Waals surface area contributed by atoms with E-state index in [2.05, 4.69) is 29.6 Å². The molecule has 3 aliphatic rings. The molecule has 7 nitrogen and oxygen atoms in total. The van der Waals surface area contributed by atoms with Crippen molar-refractivity contribution in [3.63, 3.8) is 0 Å². The number of fused-ring (bicyclic) bond motifs is 3. The number of rotatable bonds is 8. The average Bonchev–Trinajstić information content (AvgIpc) is 3.48. The number of hydrogen-bond donors (Lipinski definition) is 2. The Balaban J connectivity index is 1.25. The summed E-state index contributed by atoms with van der Waals surface area (Å²) in [6.07, 6.45) is 4.18. The van der Waals surface area contributed by atoms with Gasteiger partial charge in [-0.1, -0.05) is 61.4 Å². The minimum atomic E-state index is -0.997. The van der Waals surface area contributed by atoms with Crippen LogP contribution >= 0.6 is 0 Å². The molecule has 1 unspecified atom stereocenters. The lowest BCUT2D eigenvalue weighted by molar-refractivity contribution is -0.155. The summed E-state index contributed by atoms with van der Waals surface area (Å²) in [5.74, 6) is -1.17. The van der Waals surface area contributed by atoms with Crippen LogP contribution < -0.4 is 5.32 Å². The third-order valence-corrected chi connectivity index (χ3v) is 7.88. The predicted octanol–water partition coefficient (Wildman–Crippen LogP) is 4.55. The molecule has 35 heavy (non-hydrogen) atoms. The van der Waals surface area contributed by atoms with Gasteiger partial charge in [0.1, 0.15) is 12.6 Å². The summed E-state index contributed by atoms with van der Waals surface area (Å²) in [6.45, 7) is 1.95. The highest BCUT2D eigenvalue weighted by molar-refractivity contribution is 5.89. The average molecular weight is 477 g/mol. The fourth-order valence-corrected chi connectivity index (χ4v) is 5.81. The fourth-order valence-electron chi connectivity index (χ4n) is 5.81. The molecule has 0 spiro atoms. The first kappa shape index (κ1) is 23.4. The van der Waals surface area contributed by atoms with Crippen molar-refractivity contribution in [3.05, 3.63) is 59.7 Å². The lowest BCUT2D eigenvalue weighted by Crippen LogP contribution is -2.54. The SMILES string of the molecule is CC(C(=O)O)N(C(=O)C1(CNC(=O)OCC2c3ccccc3-c3ccccc32)CCCC1)C1CC1. The van der Waals surface area contributed by atoms with Crippen molar-refractivity contribution in [2.24, 2.45) is 5.41 Å². The maximum absolute atomic E-state index is 13.6. The number of aliphatic carboxylic acids is 1. The zero-order valence-electron chi connectivity index (χ0n) is 20.0. The summed E-state index contributed by atoms with van der Waals surface area (Å²) in [7, 11) is 0. The molecule has 0 heterocycles. The molecule has 2 amide bonds. The molecule has 0 aliphatic heterocycles. The van der Waals surface area contributed by atoms with E-state index in [9.17, 15) is 19.5 Å². The molecule has 2 fully saturated rings. The van der Waals surface area contributed by atoms with Gasteiger partial charge in [-0.15, -0.1) is 0 Å². The van der Waals surface area contributed by atoms with Gasteiger partial charge in [-0.2, -0.15) is 0 Å². The number of amides is 2. The third-order valence-electron chi connectivity index (χ3n) is 7.88. The topological polar surface area (TPSA) is 95.9 Å². The lowest BCUT2D eigenvalue weighted by Gasteiger charge is -2.36. The normalized spacial score (nSPS) is 18.9. The first-order chi connectivity index (χ1) is 16.9. The molecule has 3 aliphatic carbocycles. The second-order valence-electron chi connectivity index (χ2n) is 10.1. The number of alkyl carbamates (subject to hydrolysis) is 1. The number of carboxylic acids is 1. The number of carbonyl (C=O) groups excluding carboxylic acids is 2. The van der Waals surface area contributed by atoms with Crippen molar-refractivity contribution in [1.29, 1.82) is 0 Å². The Bertz CT molecular complexity index is 1090. The molecule has 2 aromatic carbocycles. The van der Waals surface area contributed by atoms with E-state index in [0.717, 1.165) is 36.8 Å². The minimum absolute atomic E-state index is 0.0134. The van der Waals surface area contributed by atoms with E-state index in [1.165, 1.54) is 11.1 Å². The molecule has 5 rings (SSSR count). The van der Waals surface area contributed by atoms with Crippen LogP contribution in [0.25, 0.3) is 11.1 Å². The van der Waals surface area contributed by atoms with Crippen molar-refractivity contribution in [3.8, 4) is 11.1 Å². The largest absolute Gasteiger partial charge is 0.480 e. The van der Waals surface area contributed by atoms with Crippen LogP contribution in [0.1, 0.15) is 62.5 Å². The Kier molecular flexibility index (Phi) is 6.26. The Labute approximate surface area is 205 Å². The predicted molar refractivity (Wildman–Crippen MR) is 131 cm³/mol. The highest BCUT2D eigenvalue weighted by atomic mass is 16.5. The summed E-state index contributed by atoms with van der Waals surface area (Å²) in [5.41, 5.74) is 3.86. The first-order valence-corrected chi connectivity index (χ1v) is 12.6. The van der Waals surface area contributed by atoms with Crippen LogP contribution in [0.15, 0.2) is 48.5 Å². The number of ether oxygens (including phenoxy) is 1. The summed E-state index contributed by atoms with van der Waals surface area (Å²) in [4.78, 5) is 39.6. The number of carboxylic acid groups (broad SMARTS) is 1. The van der Waals surface area contributed by atoms with E-state index in [4.69, 9.17) is 4.74 Å². The molecule has 0 saturated heterocycles. The van der Waals surface area contributed by atoms with Gasteiger partial charge >= 0.3 is 12.1 Å². The highest BCUT2D eigenvalue weighted by Gasteiger charge is 2.49. The lowest BCUT2D eigenvalue weighted by atomic mass is 9.83. The van der Waals surface area contributed by atoms with E-state index < -0.39 is 23.5 Å². The molecule has 7 heteroatoms. The molecule has 2 aromatic rings. The fraction of sp³-hybridized carbons (Fsp3) is 0.464.